The van der Waals surface area contributed by atoms with Gasteiger partial charge in [-0.3, -0.25) is 14.9 Å². The van der Waals surface area contributed by atoms with Crippen LogP contribution in [0.1, 0.15) is 59.5 Å². The number of hydrogen-bond donors (Lipinski definition) is 2. The average molecular weight is 592 g/mol. The third-order valence-corrected chi connectivity index (χ3v) is 9.08. The number of carboxylic acid groups (broad SMARTS) is 1. The fraction of sp³-hybridized carbons (Fsp3) is 0.406. The first kappa shape index (κ1) is 29.4. The van der Waals surface area contributed by atoms with Gasteiger partial charge in [0.1, 0.15) is 29.5 Å². The molecule has 9 nitrogen and oxygen atoms in total. The summed E-state index contributed by atoms with van der Waals surface area (Å²) in [6.45, 7) is 1.60. The molecule has 0 saturated heterocycles. The summed E-state index contributed by atoms with van der Waals surface area (Å²) in [6, 6.07) is 10.9. The summed E-state index contributed by atoms with van der Waals surface area (Å²) in [4.78, 5) is 31.4. The van der Waals surface area contributed by atoms with Crippen LogP contribution in [0.2, 0.25) is 0 Å². The van der Waals surface area contributed by atoms with Crippen molar-refractivity contribution in [3.63, 3.8) is 0 Å². The SMILES string of the molecule is COc1cc(-c2nc(NC(=O)c3cc4c(OC)cccc4n3CC(=O)O)sc2CCC2CCCCC2)c(OC)cc1C. The van der Waals surface area contributed by atoms with Gasteiger partial charge in [-0.15, -0.1) is 11.3 Å². The number of aryl methyl sites for hydroxylation is 2. The Morgan fingerprint density at radius 2 is 1.76 bits per heavy atom. The monoisotopic (exact) mass is 591 g/mol. The summed E-state index contributed by atoms with van der Waals surface area (Å²) < 4.78 is 18.3. The molecule has 10 heteroatoms. The van der Waals surface area contributed by atoms with Crippen molar-refractivity contribution in [1.82, 2.24) is 9.55 Å². The average Bonchev–Trinajstić information content (AvgIpc) is 3.57. The Bertz CT molecular complexity index is 1600. The number of carbonyl (C=O) groups is 2. The molecule has 1 aliphatic rings. The van der Waals surface area contributed by atoms with E-state index in [0.717, 1.165) is 40.3 Å². The molecule has 1 aliphatic carbocycles. The topological polar surface area (TPSA) is 112 Å². The minimum Gasteiger partial charge on any atom is -0.496 e. The second-order valence-electron chi connectivity index (χ2n) is 10.7. The van der Waals surface area contributed by atoms with E-state index in [-0.39, 0.29) is 12.2 Å². The molecule has 4 aromatic rings. The van der Waals surface area contributed by atoms with E-state index in [9.17, 15) is 14.7 Å². The maximum atomic E-state index is 13.7. The first-order valence-electron chi connectivity index (χ1n) is 14.2. The largest absolute Gasteiger partial charge is 0.496 e. The molecule has 1 fully saturated rings. The predicted octanol–water partition coefficient (Wildman–Crippen LogP) is 6.95. The molecule has 0 unspecified atom stereocenters. The third-order valence-electron chi connectivity index (χ3n) is 8.05. The number of nitrogens with zero attached hydrogens (tertiary/aromatic N) is 2. The summed E-state index contributed by atoms with van der Waals surface area (Å²) in [5.74, 6) is 1.17. The summed E-state index contributed by atoms with van der Waals surface area (Å²) in [7, 11) is 4.82. The van der Waals surface area contributed by atoms with E-state index in [0.29, 0.717) is 33.5 Å². The molecule has 42 heavy (non-hydrogen) atoms. The number of fused-ring (bicyclic) bond motifs is 1. The lowest BCUT2D eigenvalue weighted by molar-refractivity contribution is -0.137. The highest BCUT2D eigenvalue weighted by molar-refractivity contribution is 7.16. The number of carbonyl (C=O) groups excluding carboxylic acids is 1. The van der Waals surface area contributed by atoms with Gasteiger partial charge in [-0.25, -0.2) is 4.98 Å². The molecule has 1 saturated carbocycles. The minimum atomic E-state index is -1.05. The standard InChI is InChI=1S/C32H37N3O6S/c1-19-15-27(41-4)22(17-26(19)40-3)30-28(14-13-20-9-6-5-7-10-20)42-32(33-30)34-31(38)24-16-21-23(35(24)18-29(36)37)11-8-12-25(21)39-2/h8,11-12,15-17,20H,5-7,9-10,13-14,18H2,1-4H3,(H,36,37)(H,33,34,38). The highest BCUT2D eigenvalue weighted by Gasteiger charge is 2.24. The second kappa shape index (κ2) is 12.9. The summed E-state index contributed by atoms with van der Waals surface area (Å²) in [5, 5.41) is 13.7. The number of nitrogens with one attached hydrogen (secondary N) is 1. The Kier molecular flexibility index (Phi) is 9.01. The highest BCUT2D eigenvalue weighted by Crippen LogP contribution is 2.41. The van der Waals surface area contributed by atoms with Gasteiger partial charge in [0.15, 0.2) is 5.13 Å². The number of thiazole rings is 1. The number of methoxy groups -OCH3 is 3. The molecule has 0 bridgehead atoms. The smallest absolute Gasteiger partial charge is 0.323 e. The van der Waals surface area contributed by atoms with Crippen molar-refractivity contribution in [2.45, 2.75) is 58.4 Å². The number of rotatable bonds is 11. The molecule has 5 rings (SSSR count). The van der Waals surface area contributed by atoms with E-state index >= 15 is 0 Å². The van der Waals surface area contributed by atoms with Crippen LogP contribution in [0.4, 0.5) is 5.13 Å². The van der Waals surface area contributed by atoms with E-state index in [2.05, 4.69) is 5.32 Å². The Morgan fingerprint density at radius 1 is 1.02 bits per heavy atom. The van der Waals surface area contributed by atoms with Crippen LogP contribution in [0, 0.1) is 12.8 Å². The van der Waals surface area contributed by atoms with Crippen LogP contribution in [-0.4, -0.2) is 47.9 Å². The first-order chi connectivity index (χ1) is 20.3. The Labute approximate surface area is 249 Å². The lowest BCUT2D eigenvalue weighted by Gasteiger charge is -2.21. The van der Waals surface area contributed by atoms with Gasteiger partial charge < -0.3 is 23.9 Å². The fourth-order valence-corrected chi connectivity index (χ4v) is 6.91. The van der Waals surface area contributed by atoms with E-state index < -0.39 is 11.9 Å². The molecule has 0 radical (unpaired) electrons. The van der Waals surface area contributed by atoms with Crippen molar-refractivity contribution >= 4 is 39.2 Å². The Morgan fingerprint density at radius 3 is 2.45 bits per heavy atom. The van der Waals surface area contributed by atoms with Crippen molar-refractivity contribution in [3.8, 4) is 28.5 Å². The summed E-state index contributed by atoms with van der Waals surface area (Å²) >= 11 is 1.45. The van der Waals surface area contributed by atoms with Crippen LogP contribution in [0.3, 0.4) is 0 Å². The number of aromatic nitrogens is 2. The van der Waals surface area contributed by atoms with E-state index in [1.54, 1.807) is 45.6 Å². The number of anilines is 1. The Balaban J connectivity index is 1.53. The second-order valence-corrected chi connectivity index (χ2v) is 11.8. The maximum Gasteiger partial charge on any atom is 0.323 e. The number of carboxylic acids is 1. The molecule has 0 spiro atoms. The molecular weight excluding hydrogens is 554 g/mol. The quantitative estimate of drug-likeness (QED) is 0.194. The van der Waals surface area contributed by atoms with E-state index in [1.165, 1.54) is 48.0 Å². The van der Waals surface area contributed by atoms with Gasteiger partial charge in [0.05, 0.1) is 32.5 Å². The van der Waals surface area contributed by atoms with Crippen molar-refractivity contribution in [2.24, 2.45) is 5.92 Å². The van der Waals surface area contributed by atoms with Crippen LogP contribution in [0.15, 0.2) is 36.4 Å². The lowest BCUT2D eigenvalue weighted by atomic mass is 9.86. The predicted molar refractivity (Wildman–Crippen MR) is 164 cm³/mol. The summed E-state index contributed by atoms with van der Waals surface area (Å²) in [5.41, 5.74) is 3.33. The molecule has 2 aromatic heterocycles. The van der Waals surface area contributed by atoms with Crippen LogP contribution in [0.25, 0.3) is 22.2 Å². The van der Waals surface area contributed by atoms with Gasteiger partial charge in [0.2, 0.25) is 0 Å². The molecule has 2 aromatic carbocycles. The van der Waals surface area contributed by atoms with Crippen LogP contribution < -0.4 is 19.5 Å². The van der Waals surface area contributed by atoms with E-state index in [4.69, 9.17) is 19.2 Å². The summed E-state index contributed by atoms with van der Waals surface area (Å²) in [6.07, 6.45) is 8.25. The first-order valence-corrected chi connectivity index (χ1v) is 15.1. The zero-order chi connectivity index (χ0) is 29.8. The fourth-order valence-electron chi connectivity index (χ4n) is 5.92. The normalized spacial score (nSPS) is 13.7. The third kappa shape index (κ3) is 6.09. The van der Waals surface area contributed by atoms with Gasteiger partial charge in [-0.05, 0) is 61.6 Å². The molecule has 0 atom stereocenters. The minimum absolute atomic E-state index is 0.215. The van der Waals surface area contributed by atoms with Crippen molar-refractivity contribution in [3.05, 3.63) is 52.5 Å². The number of benzene rings is 2. The van der Waals surface area contributed by atoms with Crippen molar-refractivity contribution in [1.29, 1.82) is 0 Å². The van der Waals surface area contributed by atoms with Gasteiger partial charge in [-0.1, -0.05) is 38.2 Å². The number of ether oxygens (including phenoxy) is 3. The molecule has 2 heterocycles. The van der Waals surface area contributed by atoms with Gasteiger partial charge in [0.25, 0.3) is 5.91 Å². The zero-order valence-corrected chi connectivity index (χ0v) is 25.3. The number of aliphatic carboxylic acids is 1. The van der Waals surface area contributed by atoms with Gasteiger partial charge >= 0.3 is 5.97 Å². The van der Waals surface area contributed by atoms with Gasteiger partial charge in [0, 0.05) is 15.8 Å². The molecule has 222 valence electrons. The number of amides is 1. The molecular formula is C32H37N3O6S. The van der Waals surface area contributed by atoms with Crippen LogP contribution in [-0.2, 0) is 17.8 Å². The van der Waals surface area contributed by atoms with Crippen molar-refractivity contribution in [2.75, 3.05) is 26.6 Å². The van der Waals surface area contributed by atoms with Crippen LogP contribution in [0.5, 0.6) is 17.2 Å². The molecule has 1 amide bonds. The van der Waals surface area contributed by atoms with Crippen LogP contribution >= 0.6 is 11.3 Å². The Hall–Kier alpha value is -4.05. The molecule has 2 N–H and O–H groups in total. The zero-order valence-electron chi connectivity index (χ0n) is 24.5. The maximum absolute atomic E-state index is 13.7. The van der Waals surface area contributed by atoms with Gasteiger partial charge in [-0.2, -0.15) is 0 Å². The molecule has 0 aliphatic heterocycles. The van der Waals surface area contributed by atoms with Crippen molar-refractivity contribution < 1.29 is 28.9 Å². The highest BCUT2D eigenvalue weighted by atomic mass is 32.1. The lowest BCUT2D eigenvalue weighted by Crippen LogP contribution is -2.19. The number of hydrogen-bond acceptors (Lipinski definition) is 7. The van der Waals surface area contributed by atoms with E-state index in [1.807, 2.05) is 19.1 Å².